The summed E-state index contributed by atoms with van der Waals surface area (Å²) in [7, 11) is 0. The maximum Gasteiger partial charge on any atom is 0.241 e. The minimum atomic E-state index is -0.0863. The maximum atomic E-state index is 11.5. The Hall–Kier alpha value is -1.89. The van der Waals surface area contributed by atoms with Crippen LogP contribution in [-0.2, 0) is 11.3 Å². The lowest BCUT2D eigenvalue weighted by Crippen LogP contribution is -2.29. The van der Waals surface area contributed by atoms with E-state index in [0.717, 1.165) is 5.75 Å². The summed E-state index contributed by atoms with van der Waals surface area (Å²) < 4.78 is 1.39. The zero-order chi connectivity index (χ0) is 13.5. The van der Waals surface area contributed by atoms with Gasteiger partial charge in [0.1, 0.15) is 12.9 Å². The van der Waals surface area contributed by atoms with Gasteiger partial charge in [-0.05, 0) is 29.5 Å². The quantitative estimate of drug-likeness (QED) is 0.627. The number of tetrazole rings is 1. The van der Waals surface area contributed by atoms with Crippen molar-refractivity contribution in [2.45, 2.75) is 18.4 Å². The van der Waals surface area contributed by atoms with Crippen molar-refractivity contribution in [1.29, 1.82) is 0 Å². The Balaban J connectivity index is 1.64. The van der Waals surface area contributed by atoms with E-state index in [9.17, 15) is 4.79 Å². The molecule has 0 aliphatic rings. The third-order valence-corrected chi connectivity index (χ3v) is 3.42. The van der Waals surface area contributed by atoms with E-state index in [1.54, 1.807) is 11.8 Å². The standard InChI is InChI=1S/C12H15N5OS/c1-10-2-4-11(5-3-10)19-7-6-13-12(18)8-17-9-14-15-16-17/h2-5,9H,6-8H2,1H3,(H,13,18). The molecule has 1 amide bonds. The molecule has 6 nitrogen and oxygen atoms in total. The van der Waals surface area contributed by atoms with E-state index < -0.39 is 0 Å². The summed E-state index contributed by atoms with van der Waals surface area (Å²) in [5.74, 6) is 0.751. The number of aromatic nitrogens is 4. The molecule has 2 aromatic rings. The van der Waals surface area contributed by atoms with E-state index in [4.69, 9.17) is 0 Å². The van der Waals surface area contributed by atoms with Gasteiger partial charge in [0.15, 0.2) is 0 Å². The third kappa shape index (κ3) is 4.70. The Morgan fingerprint density at radius 2 is 2.16 bits per heavy atom. The van der Waals surface area contributed by atoms with Gasteiger partial charge in [-0.1, -0.05) is 17.7 Å². The molecule has 0 fully saturated rings. The molecule has 0 saturated heterocycles. The fourth-order valence-electron chi connectivity index (χ4n) is 1.45. The summed E-state index contributed by atoms with van der Waals surface area (Å²) in [6, 6.07) is 8.34. The Kier molecular flexibility index (Phi) is 4.91. The van der Waals surface area contributed by atoms with E-state index in [1.165, 1.54) is 21.5 Å². The molecule has 1 aromatic carbocycles. The lowest BCUT2D eigenvalue weighted by molar-refractivity contribution is -0.121. The smallest absolute Gasteiger partial charge is 0.241 e. The van der Waals surface area contributed by atoms with Crippen LogP contribution in [0.2, 0.25) is 0 Å². The average Bonchev–Trinajstić information content (AvgIpc) is 2.89. The first kappa shape index (κ1) is 13.5. The molecule has 2 rings (SSSR count). The Bertz CT molecular complexity index is 511. The first-order valence-electron chi connectivity index (χ1n) is 5.91. The zero-order valence-electron chi connectivity index (χ0n) is 10.6. The molecule has 1 heterocycles. The van der Waals surface area contributed by atoms with Crippen LogP contribution in [0.4, 0.5) is 0 Å². The highest BCUT2D eigenvalue weighted by atomic mass is 32.2. The molecule has 100 valence electrons. The van der Waals surface area contributed by atoms with Crippen molar-refractivity contribution in [3.63, 3.8) is 0 Å². The summed E-state index contributed by atoms with van der Waals surface area (Å²) in [6.45, 7) is 2.84. The van der Waals surface area contributed by atoms with Crippen LogP contribution in [0.3, 0.4) is 0 Å². The third-order valence-electron chi connectivity index (χ3n) is 2.41. The second-order valence-electron chi connectivity index (χ2n) is 4.02. The van der Waals surface area contributed by atoms with Crippen molar-refractivity contribution in [3.05, 3.63) is 36.2 Å². The van der Waals surface area contributed by atoms with Crippen molar-refractivity contribution in [2.24, 2.45) is 0 Å². The number of amides is 1. The van der Waals surface area contributed by atoms with Crippen molar-refractivity contribution >= 4 is 17.7 Å². The van der Waals surface area contributed by atoms with E-state index in [0.29, 0.717) is 6.54 Å². The van der Waals surface area contributed by atoms with Gasteiger partial charge in [-0.2, -0.15) is 0 Å². The molecule has 0 spiro atoms. The lowest BCUT2D eigenvalue weighted by atomic mass is 10.2. The molecule has 0 aliphatic carbocycles. The van der Waals surface area contributed by atoms with Gasteiger partial charge >= 0.3 is 0 Å². The van der Waals surface area contributed by atoms with Gasteiger partial charge in [-0.25, -0.2) is 4.68 Å². The number of nitrogens with one attached hydrogen (secondary N) is 1. The number of hydrogen-bond donors (Lipinski definition) is 1. The van der Waals surface area contributed by atoms with E-state index in [2.05, 4.69) is 52.0 Å². The van der Waals surface area contributed by atoms with Crippen molar-refractivity contribution in [2.75, 3.05) is 12.3 Å². The topological polar surface area (TPSA) is 72.7 Å². The number of carbonyl (C=O) groups is 1. The number of aryl methyl sites for hydroxylation is 1. The van der Waals surface area contributed by atoms with Crippen LogP contribution in [0.1, 0.15) is 5.56 Å². The Labute approximate surface area is 115 Å². The molecule has 7 heteroatoms. The SMILES string of the molecule is Cc1ccc(SCCNC(=O)Cn2cnnn2)cc1. The first-order valence-corrected chi connectivity index (χ1v) is 6.89. The normalized spacial score (nSPS) is 10.4. The molecular weight excluding hydrogens is 262 g/mol. The molecule has 0 atom stereocenters. The van der Waals surface area contributed by atoms with Gasteiger partial charge < -0.3 is 5.32 Å². The molecule has 1 aromatic heterocycles. The van der Waals surface area contributed by atoms with E-state index in [1.807, 2.05) is 0 Å². The summed E-state index contributed by atoms with van der Waals surface area (Å²) in [5, 5.41) is 13.4. The largest absolute Gasteiger partial charge is 0.354 e. The van der Waals surface area contributed by atoms with Crippen molar-refractivity contribution in [1.82, 2.24) is 25.5 Å². The monoisotopic (exact) mass is 277 g/mol. The maximum absolute atomic E-state index is 11.5. The highest BCUT2D eigenvalue weighted by molar-refractivity contribution is 7.99. The second kappa shape index (κ2) is 6.89. The molecule has 0 saturated carbocycles. The summed E-state index contributed by atoms with van der Waals surface area (Å²) in [4.78, 5) is 12.7. The van der Waals surface area contributed by atoms with Crippen LogP contribution in [0.5, 0.6) is 0 Å². The van der Waals surface area contributed by atoms with Gasteiger partial charge in [0, 0.05) is 17.2 Å². The van der Waals surface area contributed by atoms with Gasteiger partial charge in [-0.3, -0.25) is 4.79 Å². The lowest BCUT2D eigenvalue weighted by Gasteiger charge is -2.05. The second-order valence-corrected chi connectivity index (χ2v) is 5.19. The molecule has 0 bridgehead atoms. The number of nitrogens with zero attached hydrogens (tertiary/aromatic N) is 4. The van der Waals surface area contributed by atoms with Gasteiger partial charge in [0.05, 0.1) is 0 Å². The Morgan fingerprint density at radius 1 is 1.37 bits per heavy atom. The minimum absolute atomic E-state index is 0.0863. The highest BCUT2D eigenvalue weighted by Crippen LogP contribution is 2.17. The van der Waals surface area contributed by atoms with Crippen LogP contribution < -0.4 is 5.32 Å². The number of benzene rings is 1. The molecule has 0 aliphatic heterocycles. The molecule has 0 radical (unpaired) electrons. The van der Waals surface area contributed by atoms with Crippen molar-refractivity contribution < 1.29 is 4.79 Å². The molecule has 19 heavy (non-hydrogen) atoms. The zero-order valence-corrected chi connectivity index (χ0v) is 11.4. The number of thioether (sulfide) groups is 1. The molecule has 1 N–H and O–H groups in total. The van der Waals surface area contributed by atoms with Crippen LogP contribution >= 0.6 is 11.8 Å². The predicted octanol–water partition coefficient (Wildman–Crippen LogP) is 0.890. The summed E-state index contributed by atoms with van der Waals surface area (Å²) >= 11 is 1.72. The van der Waals surface area contributed by atoms with Gasteiger partial charge in [0.25, 0.3) is 0 Å². The average molecular weight is 277 g/mol. The number of rotatable bonds is 6. The predicted molar refractivity (Wildman–Crippen MR) is 72.7 cm³/mol. The van der Waals surface area contributed by atoms with Crippen molar-refractivity contribution in [3.8, 4) is 0 Å². The van der Waals surface area contributed by atoms with E-state index >= 15 is 0 Å². The van der Waals surface area contributed by atoms with Crippen LogP contribution in [0.15, 0.2) is 35.5 Å². The molecule has 0 unspecified atom stereocenters. The number of carbonyl (C=O) groups excluding carboxylic acids is 1. The van der Waals surface area contributed by atoms with Gasteiger partial charge in [-0.15, -0.1) is 16.9 Å². The fraction of sp³-hybridized carbons (Fsp3) is 0.333. The van der Waals surface area contributed by atoms with E-state index in [-0.39, 0.29) is 12.5 Å². The van der Waals surface area contributed by atoms with Crippen LogP contribution in [-0.4, -0.2) is 38.4 Å². The molecular formula is C12H15N5OS. The minimum Gasteiger partial charge on any atom is -0.354 e. The Morgan fingerprint density at radius 3 is 2.84 bits per heavy atom. The van der Waals surface area contributed by atoms with Gasteiger partial charge in [0.2, 0.25) is 5.91 Å². The summed E-state index contributed by atoms with van der Waals surface area (Å²) in [6.07, 6.45) is 1.42. The summed E-state index contributed by atoms with van der Waals surface area (Å²) in [5.41, 5.74) is 1.25. The fourth-order valence-corrected chi connectivity index (χ4v) is 2.22. The first-order chi connectivity index (χ1) is 9.24. The van der Waals surface area contributed by atoms with Crippen LogP contribution in [0.25, 0.3) is 0 Å². The highest BCUT2D eigenvalue weighted by Gasteiger charge is 2.02. The van der Waals surface area contributed by atoms with Crippen LogP contribution in [0, 0.1) is 6.92 Å². The number of hydrogen-bond acceptors (Lipinski definition) is 5.